The number of rotatable bonds is 5. The summed E-state index contributed by atoms with van der Waals surface area (Å²) in [6, 6.07) is 9.89. The van der Waals surface area contributed by atoms with Crippen molar-refractivity contribution in [2.24, 2.45) is 0 Å². The van der Waals surface area contributed by atoms with Gasteiger partial charge in [-0.3, -0.25) is 14.4 Å². The van der Waals surface area contributed by atoms with Crippen LogP contribution in [-0.2, 0) is 22.6 Å². The second-order valence-electron chi connectivity index (χ2n) is 5.77. The van der Waals surface area contributed by atoms with Gasteiger partial charge in [0.05, 0.1) is 13.2 Å². The molecule has 6 heteroatoms. The number of benzene rings is 1. The van der Waals surface area contributed by atoms with Gasteiger partial charge in [0.2, 0.25) is 5.91 Å². The van der Waals surface area contributed by atoms with Gasteiger partial charge in [-0.05, 0) is 30.7 Å². The largest absolute Gasteiger partial charge is 0.379 e. The lowest BCUT2D eigenvalue weighted by Crippen LogP contribution is -2.35. The standard InChI is InChI=1S/C17H22N4O2/c1-14-5-6-18-21(14)13-17(22)19-16-4-2-3-15(11-16)12-20-7-9-23-10-8-20/h2-6,11H,7-10,12-13H2,1H3,(H,19,22). The molecule has 0 unspecified atom stereocenters. The topological polar surface area (TPSA) is 59.4 Å². The van der Waals surface area contributed by atoms with Crippen molar-refractivity contribution < 1.29 is 9.53 Å². The third-order valence-corrected chi connectivity index (χ3v) is 3.94. The van der Waals surface area contributed by atoms with Gasteiger partial charge in [-0.2, -0.15) is 5.10 Å². The van der Waals surface area contributed by atoms with Crippen LogP contribution in [0.25, 0.3) is 0 Å². The van der Waals surface area contributed by atoms with Crippen LogP contribution in [0.5, 0.6) is 0 Å². The predicted molar refractivity (Wildman–Crippen MR) is 88.1 cm³/mol. The maximum absolute atomic E-state index is 12.1. The molecule has 122 valence electrons. The van der Waals surface area contributed by atoms with Gasteiger partial charge in [-0.25, -0.2) is 0 Å². The Morgan fingerprint density at radius 2 is 2.13 bits per heavy atom. The lowest BCUT2D eigenvalue weighted by atomic mass is 10.2. The first-order valence-corrected chi connectivity index (χ1v) is 7.88. The van der Waals surface area contributed by atoms with Crippen LogP contribution in [0.15, 0.2) is 36.5 Å². The van der Waals surface area contributed by atoms with Gasteiger partial charge in [0.1, 0.15) is 6.54 Å². The average molecular weight is 314 g/mol. The number of amides is 1. The molecule has 0 aliphatic carbocycles. The molecule has 6 nitrogen and oxygen atoms in total. The zero-order valence-electron chi connectivity index (χ0n) is 13.4. The number of aromatic nitrogens is 2. The van der Waals surface area contributed by atoms with Crippen LogP contribution in [0.3, 0.4) is 0 Å². The summed E-state index contributed by atoms with van der Waals surface area (Å²) < 4.78 is 7.05. The molecule has 1 N–H and O–H groups in total. The van der Waals surface area contributed by atoms with E-state index in [1.807, 2.05) is 31.2 Å². The number of hydrogen-bond acceptors (Lipinski definition) is 4. The van der Waals surface area contributed by atoms with Crippen molar-refractivity contribution in [3.63, 3.8) is 0 Å². The van der Waals surface area contributed by atoms with E-state index in [4.69, 9.17) is 4.74 Å². The summed E-state index contributed by atoms with van der Waals surface area (Å²) in [4.78, 5) is 14.5. The maximum Gasteiger partial charge on any atom is 0.246 e. The summed E-state index contributed by atoms with van der Waals surface area (Å²) in [5.74, 6) is -0.0691. The molecular formula is C17H22N4O2. The number of nitrogens with zero attached hydrogens (tertiary/aromatic N) is 3. The highest BCUT2D eigenvalue weighted by molar-refractivity contribution is 5.90. The fourth-order valence-electron chi connectivity index (χ4n) is 2.67. The number of hydrogen-bond donors (Lipinski definition) is 1. The number of ether oxygens (including phenoxy) is 1. The number of carbonyl (C=O) groups is 1. The highest BCUT2D eigenvalue weighted by Crippen LogP contribution is 2.14. The Morgan fingerprint density at radius 3 is 2.87 bits per heavy atom. The Bertz CT molecular complexity index is 662. The summed E-state index contributed by atoms with van der Waals surface area (Å²) in [7, 11) is 0. The van der Waals surface area contributed by atoms with Gasteiger partial charge in [0.15, 0.2) is 0 Å². The maximum atomic E-state index is 12.1. The van der Waals surface area contributed by atoms with E-state index < -0.39 is 0 Å². The van der Waals surface area contributed by atoms with E-state index in [2.05, 4.69) is 21.4 Å². The molecule has 1 saturated heterocycles. The van der Waals surface area contributed by atoms with Crippen LogP contribution in [0, 0.1) is 6.92 Å². The molecule has 1 aliphatic heterocycles. The number of nitrogens with one attached hydrogen (secondary N) is 1. The third kappa shape index (κ3) is 4.40. The molecule has 1 fully saturated rings. The first-order valence-electron chi connectivity index (χ1n) is 7.88. The van der Waals surface area contributed by atoms with Gasteiger partial charge in [-0.15, -0.1) is 0 Å². The van der Waals surface area contributed by atoms with Gasteiger partial charge >= 0.3 is 0 Å². The van der Waals surface area contributed by atoms with E-state index in [1.165, 1.54) is 5.56 Å². The Morgan fingerprint density at radius 1 is 1.30 bits per heavy atom. The van der Waals surface area contributed by atoms with Crippen molar-refractivity contribution in [1.29, 1.82) is 0 Å². The van der Waals surface area contributed by atoms with E-state index in [-0.39, 0.29) is 12.5 Å². The molecule has 0 bridgehead atoms. The molecule has 0 atom stereocenters. The Hall–Kier alpha value is -2.18. The first kappa shape index (κ1) is 15.7. The van der Waals surface area contributed by atoms with Crippen molar-refractivity contribution in [1.82, 2.24) is 14.7 Å². The molecule has 0 radical (unpaired) electrons. The Balaban J connectivity index is 1.58. The second-order valence-corrected chi connectivity index (χ2v) is 5.77. The molecular weight excluding hydrogens is 292 g/mol. The predicted octanol–water partition coefficient (Wildman–Crippen LogP) is 1.66. The Kier molecular flexibility index (Phi) is 5.05. The van der Waals surface area contributed by atoms with Crippen LogP contribution in [-0.4, -0.2) is 46.9 Å². The van der Waals surface area contributed by atoms with Crippen LogP contribution < -0.4 is 5.32 Å². The van der Waals surface area contributed by atoms with Gasteiger partial charge in [-0.1, -0.05) is 12.1 Å². The highest BCUT2D eigenvalue weighted by Gasteiger charge is 2.11. The van der Waals surface area contributed by atoms with Crippen molar-refractivity contribution in [2.75, 3.05) is 31.6 Å². The number of anilines is 1. The average Bonchev–Trinajstić information content (AvgIpc) is 2.93. The minimum absolute atomic E-state index is 0.0691. The van der Waals surface area contributed by atoms with Crippen LogP contribution in [0.2, 0.25) is 0 Å². The first-order chi connectivity index (χ1) is 11.2. The van der Waals surface area contributed by atoms with Crippen molar-refractivity contribution in [2.45, 2.75) is 20.0 Å². The quantitative estimate of drug-likeness (QED) is 0.912. The van der Waals surface area contributed by atoms with Gasteiger partial charge in [0, 0.05) is 37.2 Å². The van der Waals surface area contributed by atoms with Crippen molar-refractivity contribution >= 4 is 11.6 Å². The molecule has 0 spiro atoms. The molecule has 1 amide bonds. The molecule has 1 aromatic heterocycles. The zero-order chi connectivity index (χ0) is 16.1. The van der Waals surface area contributed by atoms with E-state index in [0.29, 0.717) is 0 Å². The van der Waals surface area contributed by atoms with E-state index in [0.717, 1.165) is 44.2 Å². The molecule has 2 heterocycles. The minimum atomic E-state index is -0.0691. The molecule has 1 aliphatic rings. The Labute approximate surface area is 136 Å². The fraction of sp³-hybridized carbons (Fsp3) is 0.412. The number of morpholine rings is 1. The van der Waals surface area contributed by atoms with E-state index in [1.54, 1.807) is 10.9 Å². The minimum Gasteiger partial charge on any atom is -0.379 e. The van der Waals surface area contributed by atoms with Crippen LogP contribution >= 0.6 is 0 Å². The molecule has 2 aromatic rings. The highest BCUT2D eigenvalue weighted by atomic mass is 16.5. The van der Waals surface area contributed by atoms with E-state index in [9.17, 15) is 4.79 Å². The molecule has 1 aromatic carbocycles. The summed E-state index contributed by atoms with van der Waals surface area (Å²) >= 11 is 0. The monoisotopic (exact) mass is 314 g/mol. The number of carbonyl (C=O) groups excluding carboxylic acids is 1. The normalized spacial score (nSPS) is 15.5. The van der Waals surface area contributed by atoms with Crippen molar-refractivity contribution in [3.05, 3.63) is 47.8 Å². The van der Waals surface area contributed by atoms with Gasteiger partial charge < -0.3 is 10.1 Å². The SMILES string of the molecule is Cc1ccnn1CC(=O)Nc1cccc(CN2CCOCC2)c1. The second kappa shape index (κ2) is 7.39. The summed E-state index contributed by atoms with van der Waals surface area (Å²) in [6.07, 6.45) is 1.70. The molecule has 23 heavy (non-hydrogen) atoms. The number of aryl methyl sites for hydroxylation is 1. The molecule has 3 rings (SSSR count). The van der Waals surface area contributed by atoms with Gasteiger partial charge in [0.25, 0.3) is 0 Å². The molecule has 0 saturated carbocycles. The lowest BCUT2D eigenvalue weighted by Gasteiger charge is -2.26. The van der Waals surface area contributed by atoms with Crippen molar-refractivity contribution in [3.8, 4) is 0 Å². The zero-order valence-corrected chi connectivity index (χ0v) is 13.4. The van der Waals surface area contributed by atoms with Crippen LogP contribution in [0.4, 0.5) is 5.69 Å². The third-order valence-electron chi connectivity index (χ3n) is 3.94. The summed E-state index contributed by atoms with van der Waals surface area (Å²) in [6.45, 7) is 6.53. The van der Waals surface area contributed by atoms with E-state index >= 15 is 0 Å². The fourth-order valence-corrected chi connectivity index (χ4v) is 2.67. The van der Waals surface area contributed by atoms with Crippen LogP contribution in [0.1, 0.15) is 11.3 Å². The smallest absolute Gasteiger partial charge is 0.246 e. The summed E-state index contributed by atoms with van der Waals surface area (Å²) in [5, 5.41) is 7.07. The summed E-state index contributed by atoms with van der Waals surface area (Å²) in [5.41, 5.74) is 2.99. The lowest BCUT2D eigenvalue weighted by molar-refractivity contribution is -0.116.